The summed E-state index contributed by atoms with van der Waals surface area (Å²) >= 11 is 1.55. The highest BCUT2D eigenvalue weighted by molar-refractivity contribution is 8.01. The Kier molecular flexibility index (Phi) is 3.74. The molecule has 3 heterocycles. The lowest BCUT2D eigenvalue weighted by Gasteiger charge is -2.50. The number of β-lactam (4-membered cyclic amide) rings is 1. The van der Waals surface area contributed by atoms with Crippen molar-refractivity contribution < 1.29 is 14.3 Å². The first-order valence-corrected chi connectivity index (χ1v) is 9.22. The average molecular weight is 370 g/mol. The van der Waals surface area contributed by atoms with Crippen molar-refractivity contribution in [3.05, 3.63) is 35.9 Å². The highest BCUT2D eigenvalue weighted by atomic mass is 32.2. The zero-order valence-corrected chi connectivity index (χ0v) is 15.2. The molecule has 134 valence electrons. The lowest BCUT2D eigenvalue weighted by Crippen LogP contribution is -2.77. The first kappa shape index (κ1) is 16.9. The molecule has 0 unspecified atom stereocenters. The Labute approximate surface area is 155 Å². The van der Waals surface area contributed by atoms with Crippen LogP contribution >= 0.6 is 11.8 Å². The number of hydrazone groups is 1. The highest BCUT2D eigenvalue weighted by Gasteiger charge is 2.73. The molecule has 3 atom stereocenters. The minimum Gasteiger partial charge on any atom is -0.459 e. The number of benzene rings is 1. The number of nitrogens with zero attached hydrogens (tertiary/aromatic N) is 3. The van der Waals surface area contributed by atoms with E-state index in [0.29, 0.717) is 5.71 Å². The lowest BCUT2D eigenvalue weighted by atomic mass is 9.82. The number of nitriles is 1. The molecule has 7 nitrogen and oxygen atoms in total. The van der Waals surface area contributed by atoms with Gasteiger partial charge in [0, 0.05) is 11.2 Å². The van der Waals surface area contributed by atoms with Crippen LogP contribution in [0.5, 0.6) is 0 Å². The SMILES string of the molecule is CC1(C)S[C@H]2N(C(=O)[C@@]23CC(C#N)=NN3)[C@H]1C(=O)OCc1ccccc1. The van der Waals surface area contributed by atoms with Crippen LogP contribution in [0, 0.1) is 11.3 Å². The van der Waals surface area contributed by atoms with Gasteiger partial charge in [-0.25, -0.2) is 4.79 Å². The van der Waals surface area contributed by atoms with E-state index < -0.39 is 22.3 Å². The zero-order valence-electron chi connectivity index (χ0n) is 14.4. The monoisotopic (exact) mass is 370 g/mol. The first-order valence-electron chi connectivity index (χ1n) is 8.34. The number of ether oxygens (including phenoxy) is 1. The third-order valence-electron chi connectivity index (χ3n) is 5.06. The number of hydrogen-bond acceptors (Lipinski definition) is 7. The molecule has 8 heteroatoms. The number of rotatable bonds is 3. The number of hydrogen-bond donors (Lipinski definition) is 1. The Hall–Kier alpha value is -2.53. The molecule has 0 radical (unpaired) electrons. The van der Waals surface area contributed by atoms with Crippen molar-refractivity contribution in [3.63, 3.8) is 0 Å². The maximum Gasteiger partial charge on any atom is 0.330 e. The van der Waals surface area contributed by atoms with Crippen LogP contribution in [-0.4, -0.2) is 44.2 Å². The van der Waals surface area contributed by atoms with Crippen molar-refractivity contribution in [3.8, 4) is 6.07 Å². The van der Waals surface area contributed by atoms with E-state index in [2.05, 4.69) is 10.5 Å². The minimum absolute atomic E-state index is 0.175. The van der Waals surface area contributed by atoms with E-state index in [-0.39, 0.29) is 24.3 Å². The second-order valence-corrected chi connectivity index (χ2v) is 8.95. The second kappa shape index (κ2) is 5.74. The summed E-state index contributed by atoms with van der Waals surface area (Å²) < 4.78 is 5.00. The highest BCUT2D eigenvalue weighted by Crippen LogP contribution is 2.56. The van der Waals surface area contributed by atoms with Crippen LogP contribution in [0.4, 0.5) is 0 Å². The quantitative estimate of drug-likeness (QED) is 0.638. The molecule has 3 aliphatic rings. The maximum absolute atomic E-state index is 12.9. The third-order valence-corrected chi connectivity index (χ3v) is 6.74. The predicted octanol–water partition coefficient (Wildman–Crippen LogP) is 1.40. The number of carbonyl (C=O) groups excluding carboxylic acids is 2. The summed E-state index contributed by atoms with van der Waals surface area (Å²) in [6.45, 7) is 4.05. The molecule has 1 N–H and O–H groups in total. The lowest BCUT2D eigenvalue weighted by molar-refractivity contribution is -0.170. The number of esters is 1. The molecule has 1 aromatic rings. The summed E-state index contributed by atoms with van der Waals surface area (Å²) in [7, 11) is 0. The molecular formula is C18H18N4O3S. The summed E-state index contributed by atoms with van der Waals surface area (Å²) in [6.07, 6.45) is 0.262. The molecule has 1 spiro atoms. The van der Waals surface area contributed by atoms with Crippen LogP contribution in [0.15, 0.2) is 35.4 Å². The largest absolute Gasteiger partial charge is 0.459 e. The molecule has 26 heavy (non-hydrogen) atoms. The Bertz CT molecular complexity index is 848. The van der Waals surface area contributed by atoms with Crippen LogP contribution in [0.25, 0.3) is 0 Å². The molecule has 4 rings (SSSR count). The third kappa shape index (κ3) is 2.31. The standard InChI is InChI=1S/C18H18N4O3S/c1-17(2)13(14(23)25-10-11-6-4-3-5-7-11)22-15(24)18(16(22)26-17)8-12(9-19)20-21-18/h3-7,13,16,21H,8,10H2,1-2H3/t13-,16+,18-/m0/s1. The number of fused-ring (bicyclic) bond motifs is 2. The average Bonchev–Trinajstić information content (AvgIpc) is 3.20. The summed E-state index contributed by atoms with van der Waals surface area (Å²) in [6, 6.07) is 10.8. The van der Waals surface area contributed by atoms with Gasteiger partial charge >= 0.3 is 5.97 Å². The van der Waals surface area contributed by atoms with E-state index in [1.807, 2.05) is 50.2 Å². The van der Waals surface area contributed by atoms with Crippen molar-refractivity contribution >= 4 is 29.4 Å². The van der Waals surface area contributed by atoms with Crippen LogP contribution < -0.4 is 5.43 Å². The van der Waals surface area contributed by atoms with Gasteiger partial charge in [0.2, 0.25) is 0 Å². The topological polar surface area (TPSA) is 94.8 Å². The fourth-order valence-electron chi connectivity index (χ4n) is 3.76. The molecule has 0 saturated carbocycles. The Morgan fingerprint density at radius 3 is 2.85 bits per heavy atom. The van der Waals surface area contributed by atoms with Gasteiger partial charge in [-0.05, 0) is 19.4 Å². The summed E-state index contributed by atoms with van der Waals surface area (Å²) in [5, 5.41) is 12.8. The molecule has 0 aliphatic carbocycles. The van der Waals surface area contributed by atoms with Gasteiger partial charge in [0.15, 0.2) is 5.54 Å². The van der Waals surface area contributed by atoms with Crippen LogP contribution in [0.2, 0.25) is 0 Å². The maximum atomic E-state index is 12.9. The zero-order chi connectivity index (χ0) is 18.5. The molecular weight excluding hydrogens is 352 g/mol. The van der Waals surface area contributed by atoms with Gasteiger partial charge in [-0.1, -0.05) is 30.3 Å². The van der Waals surface area contributed by atoms with E-state index in [0.717, 1.165) is 5.56 Å². The molecule has 1 aromatic carbocycles. The number of thioether (sulfide) groups is 1. The van der Waals surface area contributed by atoms with Crippen LogP contribution in [-0.2, 0) is 20.9 Å². The van der Waals surface area contributed by atoms with E-state index in [1.54, 1.807) is 16.7 Å². The summed E-state index contributed by atoms with van der Waals surface area (Å²) in [4.78, 5) is 27.2. The van der Waals surface area contributed by atoms with Crippen LogP contribution in [0.1, 0.15) is 25.8 Å². The van der Waals surface area contributed by atoms with Gasteiger partial charge in [-0.15, -0.1) is 11.8 Å². The van der Waals surface area contributed by atoms with Crippen molar-refractivity contribution in [1.82, 2.24) is 10.3 Å². The van der Waals surface area contributed by atoms with Gasteiger partial charge < -0.3 is 9.64 Å². The van der Waals surface area contributed by atoms with Gasteiger partial charge in [0.05, 0.1) is 0 Å². The fraction of sp³-hybridized carbons (Fsp3) is 0.444. The summed E-state index contributed by atoms with van der Waals surface area (Å²) in [5.74, 6) is -0.604. The first-order chi connectivity index (χ1) is 12.4. The Balaban J connectivity index is 1.50. The van der Waals surface area contributed by atoms with Crippen molar-refractivity contribution in [2.24, 2.45) is 5.10 Å². The number of nitrogens with one attached hydrogen (secondary N) is 1. The molecule has 0 bridgehead atoms. The van der Waals surface area contributed by atoms with Crippen molar-refractivity contribution in [1.29, 1.82) is 5.26 Å². The molecule has 0 aromatic heterocycles. The van der Waals surface area contributed by atoms with E-state index >= 15 is 0 Å². The Morgan fingerprint density at radius 1 is 1.46 bits per heavy atom. The van der Waals surface area contributed by atoms with Crippen molar-refractivity contribution in [2.75, 3.05) is 0 Å². The molecule has 2 fully saturated rings. The minimum atomic E-state index is -0.901. The van der Waals surface area contributed by atoms with Gasteiger partial charge in [0.25, 0.3) is 5.91 Å². The normalized spacial score (nSPS) is 30.9. The fourth-order valence-corrected chi connectivity index (χ4v) is 5.44. The second-order valence-electron chi connectivity index (χ2n) is 7.21. The smallest absolute Gasteiger partial charge is 0.330 e. The van der Waals surface area contributed by atoms with E-state index in [9.17, 15) is 9.59 Å². The van der Waals surface area contributed by atoms with Crippen molar-refractivity contribution in [2.45, 2.75) is 48.6 Å². The van der Waals surface area contributed by atoms with Crippen LogP contribution in [0.3, 0.4) is 0 Å². The summed E-state index contributed by atoms with van der Waals surface area (Å²) in [5.41, 5.74) is 3.16. The molecule has 1 amide bonds. The van der Waals surface area contributed by atoms with Gasteiger partial charge in [-0.2, -0.15) is 10.4 Å². The van der Waals surface area contributed by atoms with E-state index in [1.165, 1.54) is 0 Å². The van der Waals surface area contributed by atoms with Gasteiger partial charge in [0.1, 0.15) is 29.8 Å². The Morgan fingerprint density at radius 2 is 2.19 bits per heavy atom. The van der Waals surface area contributed by atoms with Gasteiger partial charge in [-0.3, -0.25) is 10.2 Å². The molecule has 2 saturated heterocycles. The number of amides is 1. The predicted molar refractivity (Wildman–Crippen MR) is 95.9 cm³/mol. The number of carbonyl (C=O) groups is 2. The van der Waals surface area contributed by atoms with E-state index in [4.69, 9.17) is 10.00 Å². The molecule has 3 aliphatic heterocycles.